The average molecular weight is 139 g/mol. The minimum Gasteiger partial charge on any atom is -0.543 e. The number of nitrogens with one attached hydrogen (secondary N) is 1. The summed E-state index contributed by atoms with van der Waals surface area (Å²) in [5.74, 6) is -1.41. The Balaban J connectivity index is 3.12. The Kier molecular flexibility index (Phi) is 1.49. The smallest absolute Gasteiger partial charge is 0.266 e. The summed E-state index contributed by atoms with van der Waals surface area (Å²) < 4.78 is 0. The van der Waals surface area contributed by atoms with E-state index in [0.717, 1.165) is 12.4 Å². The van der Waals surface area contributed by atoms with Crippen LogP contribution in [0.4, 0.5) is 0 Å². The van der Waals surface area contributed by atoms with Crippen LogP contribution in [0.15, 0.2) is 17.2 Å². The number of H-pyrrole nitrogens is 1. The summed E-state index contributed by atoms with van der Waals surface area (Å²) in [4.78, 5) is 25.7. The van der Waals surface area contributed by atoms with Crippen molar-refractivity contribution in [3.63, 3.8) is 0 Å². The summed E-state index contributed by atoms with van der Waals surface area (Å²) in [6, 6.07) is 0. The molecule has 0 fully saturated rings. The van der Waals surface area contributed by atoms with Gasteiger partial charge in [-0.2, -0.15) is 0 Å². The van der Waals surface area contributed by atoms with Crippen molar-refractivity contribution in [1.29, 1.82) is 0 Å². The molecular formula is C5H3N2O3-. The Morgan fingerprint density at radius 2 is 2.40 bits per heavy atom. The Morgan fingerprint density at radius 3 is 2.80 bits per heavy atom. The molecule has 1 aromatic rings. The number of rotatable bonds is 1. The lowest BCUT2D eigenvalue weighted by Crippen LogP contribution is -2.24. The predicted molar refractivity (Wildman–Crippen MR) is 29.2 cm³/mol. The molecule has 5 nitrogen and oxygen atoms in total. The maximum atomic E-state index is 10.3. The number of aromatic carboxylic acids is 1. The van der Waals surface area contributed by atoms with Crippen molar-refractivity contribution < 1.29 is 9.90 Å². The molecule has 0 spiro atoms. The van der Waals surface area contributed by atoms with Gasteiger partial charge >= 0.3 is 0 Å². The lowest BCUT2D eigenvalue weighted by Gasteiger charge is -1.96. The molecule has 0 saturated carbocycles. The quantitative estimate of drug-likeness (QED) is 0.494. The Labute approximate surface area is 55.4 Å². The molecule has 1 rings (SSSR count). The summed E-state index contributed by atoms with van der Waals surface area (Å²) in [5, 5.41) is 10.0. The molecule has 5 heteroatoms. The summed E-state index contributed by atoms with van der Waals surface area (Å²) in [5.41, 5.74) is -0.718. The molecule has 0 aliphatic carbocycles. The van der Waals surface area contributed by atoms with Crippen molar-refractivity contribution in [1.82, 2.24) is 9.97 Å². The molecule has 0 unspecified atom stereocenters. The van der Waals surface area contributed by atoms with Crippen molar-refractivity contribution >= 4 is 5.97 Å². The second-order valence-electron chi connectivity index (χ2n) is 1.58. The molecule has 0 bridgehead atoms. The number of carboxylic acid groups (broad SMARTS) is 1. The van der Waals surface area contributed by atoms with Gasteiger partial charge in [0.2, 0.25) is 0 Å². The van der Waals surface area contributed by atoms with E-state index in [2.05, 4.69) is 9.97 Å². The number of carboxylic acids is 1. The molecule has 1 heterocycles. The molecule has 0 aromatic carbocycles. The Bertz CT molecular complexity index is 284. The number of carbonyl (C=O) groups excluding carboxylic acids is 1. The number of carbonyl (C=O) groups is 1. The monoisotopic (exact) mass is 139 g/mol. The van der Waals surface area contributed by atoms with E-state index in [-0.39, 0.29) is 5.69 Å². The van der Waals surface area contributed by atoms with E-state index in [4.69, 9.17) is 0 Å². The van der Waals surface area contributed by atoms with Gasteiger partial charge in [-0.25, -0.2) is 4.98 Å². The van der Waals surface area contributed by atoms with Crippen molar-refractivity contribution in [2.24, 2.45) is 0 Å². The molecule has 10 heavy (non-hydrogen) atoms. The fourth-order valence-electron chi connectivity index (χ4n) is 0.454. The normalized spacial score (nSPS) is 9.20. The van der Waals surface area contributed by atoms with Crippen LogP contribution in [-0.4, -0.2) is 15.9 Å². The fraction of sp³-hybridized carbons (Fsp3) is 0. The lowest BCUT2D eigenvalue weighted by atomic mass is 10.5. The predicted octanol–water partition coefficient (Wildman–Crippen LogP) is -1.87. The van der Waals surface area contributed by atoms with Gasteiger partial charge in [0.05, 0.1) is 12.2 Å². The summed E-state index contributed by atoms with van der Waals surface area (Å²) in [6.07, 6.45) is 1.86. The van der Waals surface area contributed by atoms with Gasteiger partial charge in [-0.1, -0.05) is 0 Å². The molecule has 52 valence electrons. The zero-order valence-electron chi connectivity index (χ0n) is 4.83. The summed E-state index contributed by atoms with van der Waals surface area (Å²) in [6.45, 7) is 0. The molecule has 0 radical (unpaired) electrons. The third-order valence-electron chi connectivity index (χ3n) is 0.881. The number of hydrogen-bond acceptors (Lipinski definition) is 4. The van der Waals surface area contributed by atoms with Gasteiger partial charge in [0.15, 0.2) is 0 Å². The van der Waals surface area contributed by atoms with Crippen LogP contribution in [-0.2, 0) is 0 Å². The molecular weight excluding hydrogens is 136 g/mol. The maximum absolute atomic E-state index is 10.3. The molecule has 1 N–H and O–H groups in total. The Morgan fingerprint density at radius 1 is 1.70 bits per heavy atom. The van der Waals surface area contributed by atoms with Crippen LogP contribution in [0, 0.1) is 0 Å². The van der Waals surface area contributed by atoms with E-state index in [9.17, 15) is 14.7 Å². The Hall–Kier alpha value is -1.65. The zero-order chi connectivity index (χ0) is 7.56. The zero-order valence-corrected chi connectivity index (χ0v) is 4.83. The fourth-order valence-corrected chi connectivity index (χ4v) is 0.454. The van der Waals surface area contributed by atoms with Gasteiger partial charge in [-0.05, 0) is 0 Å². The van der Waals surface area contributed by atoms with Crippen LogP contribution < -0.4 is 10.7 Å². The second-order valence-corrected chi connectivity index (χ2v) is 1.58. The van der Waals surface area contributed by atoms with Crippen LogP contribution in [0.3, 0.4) is 0 Å². The lowest BCUT2D eigenvalue weighted by molar-refractivity contribution is -0.255. The first kappa shape index (κ1) is 6.47. The first-order valence-corrected chi connectivity index (χ1v) is 2.46. The molecule has 0 aliphatic heterocycles. The number of aromatic amines is 1. The third kappa shape index (κ3) is 1.19. The van der Waals surface area contributed by atoms with E-state index in [0.29, 0.717) is 0 Å². The van der Waals surface area contributed by atoms with Crippen molar-refractivity contribution in [3.8, 4) is 0 Å². The SMILES string of the molecule is O=C([O-])c1c[nH]c(=O)cn1. The van der Waals surface area contributed by atoms with Gasteiger partial charge in [-0.15, -0.1) is 0 Å². The number of aromatic nitrogens is 2. The van der Waals surface area contributed by atoms with Crippen molar-refractivity contribution in [3.05, 3.63) is 28.4 Å². The highest BCUT2D eigenvalue weighted by Gasteiger charge is 1.91. The minimum absolute atomic E-state index is 0.278. The van der Waals surface area contributed by atoms with Crippen LogP contribution in [0.1, 0.15) is 10.5 Å². The van der Waals surface area contributed by atoms with E-state index in [1.165, 1.54) is 0 Å². The topological polar surface area (TPSA) is 85.9 Å². The number of hydrogen-bond donors (Lipinski definition) is 1. The van der Waals surface area contributed by atoms with Gasteiger partial charge in [-0.3, -0.25) is 4.79 Å². The van der Waals surface area contributed by atoms with E-state index < -0.39 is 11.5 Å². The van der Waals surface area contributed by atoms with Gasteiger partial charge in [0.25, 0.3) is 5.56 Å². The van der Waals surface area contributed by atoms with Gasteiger partial charge in [0, 0.05) is 6.20 Å². The minimum atomic E-state index is -1.41. The summed E-state index contributed by atoms with van der Waals surface area (Å²) >= 11 is 0. The first-order valence-electron chi connectivity index (χ1n) is 2.46. The highest BCUT2D eigenvalue weighted by atomic mass is 16.4. The largest absolute Gasteiger partial charge is 0.543 e. The standard InChI is InChI=1S/C5H4N2O3/c8-4-2-6-3(1-7-4)5(9)10/h1-2H,(H,7,8)(H,9,10)/p-1. The van der Waals surface area contributed by atoms with Crippen molar-refractivity contribution in [2.45, 2.75) is 0 Å². The van der Waals surface area contributed by atoms with Crippen LogP contribution in [0.5, 0.6) is 0 Å². The highest BCUT2D eigenvalue weighted by Crippen LogP contribution is 1.81. The summed E-state index contributed by atoms with van der Waals surface area (Å²) in [7, 11) is 0. The van der Waals surface area contributed by atoms with Crippen LogP contribution in [0.2, 0.25) is 0 Å². The highest BCUT2D eigenvalue weighted by molar-refractivity contribution is 5.82. The van der Waals surface area contributed by atoms with E-state index in [1.54, 1.807) is 0 Å². The van der Waals surface area contributed by atoms with Crippen molar-refractivity contribution in [2.75, 3.05) is 0 Å². The number of nitrogens with zero attached hydrogens (tertiary/aromatic N) is 1. The van der Waals surface area contributed by atoms with Crippen LogP contribution >= 0.6 is 0 Å². The molecule has 0 amide bonds. The molecule has 1 aromatic heterocycles. The van der Waals surface area contributed by atoms with Gasteiger partial charge < -0.3 is 14.9 Å². The average Bonchev–Trinajstić information content (AvgIpc) is 1.88. The molecule has 0 atom stereocenters. The first-order chi connectivity index (χ1) is 4.70. The third-order valence-corrected chi connectivity index (χ3v) is 0.881. The molecule has 0 aliphatic rings. The van der Waals surface area contributed by atoms with E-state index >= 15 is 0 Å². The van der Waals surface area contributed by atoms with Crippen LogP contribution in [0.25, 0.3) is 0 Å². The second kappa shape index (κ2) is 2.30. The van der Waals surface area contributed by atoms with Gasteiger partial charge in [0.1, 0.15) is 5.69 Å². The van der Waals surface area contributed by atoms with E-state index in [1.807, 2.05) is 0 Å². The maximum Gasteiger partial charge on any atom is 0.266 e. The molecule has 0 saturated heterocycles.